The lowest BCUT2D eigenvalue weighted by atomic mass is 10.1. The summed E-state index contributed by atoms with van der Waals surface area (Å²) in [5.74, 6) is 0.448. The van der Waals surface area contributed by atoms with E-state index in [-0.39, 0.29) is 0 Å². The van der Waals surface area contributed by atoms with Gasteiger partial charge in [-0.1, -0.05) is 26.0 Å². The van der Waals surface area contributed by atoms with E-state index in [1.165, 1.54) is 10.6 Å². The lowest BCUT2D eigenvalue weighted by molar-refractivity contribution is 0.888. The third kappa shape index (κ3) is 2.48. The van der Waals surface area contributed by atoms with Crippen LogP contribution in [0.15, 0.2) is 24.3 Å². The van der Waals surface area contributed by atoms with E-state index in [1.54, 1.807) is 11.3 Å². The summed E-state index contributed by atoms with van der Waals surface area (Å²) in [7, 11) is 4.07. The Labute approximate surface area is 112 Å². The van der Waals surface area contributed by atoms with Gasteiger partial charge >= 0.3 is 0 Å². The van der Waals surface area contributed by atoms with Crippen LogP contribution in [-0.4, -0.2) is 19.1 Å². The van der Waals surface area contributed by atoms with Crippen LogP contribution in [0.25, 0.3) is 11.3 Å². The van der Waals surface area contributed by atoms with Crippen LogP contribution in [0.5, 0.6) is 0 Å². The quantitative estimate of drug-likeness (QED) is 0.918. The number of nitrogens with two attached hydrogens (primary N) is 1. The van der Waals surface area contributed by atoms with Crippen LogP contribution in [-0.2, 0) is 0 Å². The molecule has 2 rings (SSSR count). The van der Waals surface area contributed by atoms with Gasteiger partial charge in [-0.25, -0.2) is 4.98 Å². The number of anilines is 2. The van der Waals surface area contributed by atoms with Gasteiger partial charge in [0.2, 0.25) is 0 Å². The van der Waals surface area contributed by atoms with Crippen LogP contribution in [0.2, 0.25) is 0 Å². The second-order valence-electron chi connectivity index (χ2n) is 4.86. The number of hydrogen-bond donors (Lipinski definition) is 1. The van der Waals surface area contributed by atoms with Crippen molar-refractivity contribution in [2.75, 3.05) is 24.7 Å². The minimum Gasteiger partial charge on any atom is -0.378 e. The first kappa shape index (κ1) is 12.9. The fraction of sp³-hybridized carbons (Fsp3) is 0.357. The van der Waals surface area contributed by atoms with Crippen LogP contribution in [0.4, 0.5) is 10.8 Å². The molecule has 96 valence electrons. The van der Waals surface area contributed by atoms with Gasteiger partial charge in [-0.3, -0.25) is 0 Å². The molecule has 0 spiro atoms. The molecule has 0 amide bonds. The normalized spacial score (nSPS) is 10.9. The predicted octanol–water partition coefficient (Wildman–Crippen LogP) is 3.58. The number of nitrogen functional groups attached to an aromatic ring is 1. The highest BCUT2D eigenvalue weighted by Gasteiger charge is 2.14. The summed E-state index contributed by atoms with van der Waals surface area (Å²) in [5, 5.41) is 0.644. The van der Waals surface area contributed by atoms with Gasteiger partial charge in [-0.15, -0.1) is 11.3 Å². The first-order chi connectivity index (χ1) is 8.49. The van der Waals surface area contributed by atoms with Crippen molar-refractivity contribution < 1.29 is 0 Å². The molecular weight excluding hydrogens is 242 g/mol. The van der Waals surface area contributed by atoms with Crippen molar-refractivity contribution in [3.63, 3.8) is 0 Å². The number of thiazole rings is 1. The molecule has 0 aliphatic heterocycles. The van der Waals surface area contributed by atoms with E-state index in [1.807, 2.05) is 14.1 Å². The molecule has 0 fully saturated rings. The van der Waals surface area contributed by atoms with E-state index in [0.717, 1.165) is 11.3 Å². The Balaban J connectivity index is 2.42. The third-order valence-corrected chi connectivity index (χ3v) is 4.04. The van der Waals surface area contributed by atoms with Crippen molar-refractivity contribution >= 4 is 22.2 Å². The molecule has 3 nitrogen and oxygen atoms in total. The summed E-state index contributed by atoms with van der Waals surface area (Å²) in [6.07, 6.45) is 0. The lowest BCUT2D eigenvalue weighted by Gasteiger charge is -2.12. The van der Waals surface area contributed by atoms with Crippen molar-refractivity contribution in [3.8, 4) is 11.3 Å². The first-order valence-electron chi connectivity index (χ1n) is 6.03. The molecule has 4 heteroatoms. The molecule has 18 heavy (non-hydrogen) atoms. The SMILES string of the molecule is CC(C)c1sc(N)nc1-c1ccc(N(C)C)cc1. The maximum Gasteiger partial charge on any atom is 0.180 e. The Bertz CT molecular complexity index is 526. The van der Waals surface area contributed by atoms with Crippen LogP contribution in [0, 0.1) is 0 Å². The number of rotatable bonds is 3. The van der Waals surface area contributed by atoms with E-state index in [0.29, 0.717) is 11.0 Å². The maximum absolute atomic E-state index is 5.83. The summed E-state index contributed by atoms with van der Waals surface area (Å²) in [4.78, 5) is 7.80. The van der Waals surface area contributed by atoms with Gasteiger partial charge in [0, 0.05) is 30.2 Å². The Morgan fingerprint density at radius 1 is 1.17 bits per heavy atom. The molecular formula is C14H19N3S. The molecule has 1 aromatic carbocycles. The molecule has 0 saturated carbocycles. The Hall–Kier alpha value is -1.55. The molecule has 1 heterocycles. The molecule has 0 atom stereocenters. The number of hydrogen-bond acceptors (Lipinski definition) is 4. The van der Waals surface area contributed by atoms with Gasteiger partial charge in [0.1, 0.15) is 0 Å². The summed E-state index contributed by atoms with van der Waals surface area (Å²) in [5.41, 5.74) is 9.18. The summed E-state index contributed by atoms with van der Waals surface area (Å²) >= 11 is 1.58. The van der Waals surface area contributed by atoms with E-state index in [9.17, 15) is 0 Å². The van der Waals surface area contributed by atoms with Crippen LogP contribution in [0.3, 0.4) is 0 Å². The minimum atomic E-state index is 0.448. The zero-order valence-corrected chi connectivity index (χ0v) is 12.1. The second kappa shape index (κ2) is 4.98. The average molecular weight is 261 g/mol. The molecule has 0 unspecified atom stereocenters. The Kier molecular flexibility index (Phi) is 3.57. The Morgan fingerprint density at radius 3 is 2.28 bits per heavy atom. The topological polar surface area (TPSA) is 42.1 Å². The highest BCUT2D eigenvalue weighted by molar-refractivity contribution is 7.15. The molecule has 2 N–H and O–H groups in total. The lowest BCUT2D eigenvalue weighted by Crippen LogP contribution is -2.07. The molecule has 0 bridgehead atoms. The van der Waals surface area contributed by atoms with E-state index in [2.05, 4.69) is 48.0 Å². The first-order valence-corrected chi connectivity index (χ1v) is 6.84. The monoisotopic (exact) mass is 261 g/mol. The molecule has 0 aliphatic rings. The molecule has 2 aromatic rings. The van der Waals surface area contributed by atoms with E-state index >= 15 is 0 Å². The standard InChI is InChI=1S/C14H19N3S/c1-9(2)13-12(16-14(15)18-13)10-5-7-11(8-6-10)17(3)4/h5-9H,1-4H3,(H2,15,16). The van der Waals surface area contributed by atoms with Crippen molar-refractivity contribution in [2.24, 2.45) is 0 Å². The minimum absolute atomic E-state index is 0.448. The smallest absolute Gasteiger partial charge is 0.180 e. The van der Waals surface area contributed by atoms with Crippen LogP contribution < -0.4 is 10.6 Å². The van der Waals surface area contributed by atoms with Crippen molar-refractivity contribution in [3.05, 3.63) is 29.1 Å². The zero-order valence-electron chi connectivity index (χ0n) is 11.3. The van der Waals surface area contributed by atoms with Crippen LogP contribution in [0.1, 0.15) is 24.6 Å². The van der Waals surface area contributed by atoms with Crippen molar-refractivity contribution in [1.29, 1.82) is 0 Å². The highest BCUT2D eigenvalue weighted by atomic mass is 32.1. The highest BCUT2D eigenvalue weighted by Crippen LogP contribution is 2.35. The van der Waals surface area contributed by atoms with Crippen LogP contribution >= 0.6 is 11.3 Å². The largest absolute Gasteiger partial charge is 0.378 e. The van der Waals surface area contributed by atoms with Crippen molar-refractivity contribution in [2.45, 2.75) is 19.8 Å². The van der Waals surface area contributed by atoms with Gasteiger partial charge in [0.15, 0.2) is 5.13 Å². The molecule has 0 saturated heterocycles. The summed E-state index contributed by atoms with van der Waals surface area (Å²) in [6, 6.07) is 8.43. The third-order valence-electron chi connectivity index (χ3n) is 2.85. The van der Waals surface area contributed by atoms with Gasteiger partial charge < -0.3 is 10.6 Å². The predicted molar refractivity (Wildman–Crippen MR) is 80.4 cm³/mol. The van der Waals surface area contributed by atoms with E-state index < -0.39 is 0 Å². The fourth-order valence-electron chi connectivity index (χ4n) is 1.86. The Morgan fingerprint density at radius 2 is 1.78 bits per heavy atom. The average Bonchev–Trinajstić information content (AvgIpc) is 2.71. The zero-order chi connectivity index (χ0) is 13.3. The second-order valence-corrected chi connectivity index (χ2v) is 5.92. The van der Waals surface area contributed by atoms with Gasteiger partial charge in [-0.05, 0) is 18.1 Å². The molecule has 1 aromatic heterocycles. The summed E-state index contributed by atoms with van der Waals surface area (Å²) < 4.78 is 0. The number of benzene rings is 1. The van der Waals surface area contributed by atoms with E-state index in [4.69, 9.17) is 5.73 Å². The molecule has 0 aliphatic carbocycles. The molecule has 0 radical (unpaired) electrons. The van der Waals surface area contributed by atoms with Gasteiger partial charge in [-0.2, -0.15) is 0 Å². The van der Waals surface area contributed by atoms with Gasteiger partial charge in [0.05, 0.1) is 5.69 Å². The maximum atomic E-state index is 5.83. The number of nitrogens with zero attached hydrogens (tertiary/aromatic N) is 2. The van der Waals surface area contributed by atoms with Crippen molar-refractivity contribution in [1.82, 2.24) is 4.98 Å². The number of aromatic nitrogens is 1. The van der Waals surface area contributed by atoms with Gasteiger partial charge in [0.25, 0.3) is 0 Å². The summed E-state index contributed by atoms with van der Waals surface area (Å²) in [6.45, 7) is 4.34. The fourth-order valence-corrected chi connectivity index (χ4v) is 2.72.